The minimum atomic E-state index is -4.47. The lowest BCUT2D eigenvalue weighted by atomic mass is 9.99. The third-order valence-corrected chi connectivity index (χ3v) is 6.75. The first-order valence-corrected chi connectivity index (χ1v) is 11.8. The van der Waals surface area contributed by atoms with Gasteiger partial charge in [-0.2, -0.15) is 23.4 Å². The molecule has 0 aromatic carbocycles. The van der Waals surface area contributed by atoms with E-state index < -0.39 is 18.6 Å². The number of nitrogens with one attached hydrogen (secondary N) is 1. The first-order chi connectivity index (χ1) is 16.7. The zero-order chi connectivity index (χ0) is 24.7. The summed E-state index contributed by atoms with van der Waals surface area (Å²) in [6, 6.07) is 2.83. The van der Waals surface area contributed by atoms with Crippen molar-refractivity contribution in [3.63, 3.8) is 0 Å². The van der Waals surface area contributed by atoms with Crippen molar-refractivity contribution in [2.45, 2.75) is 51.4 Å². The zero-order valence-corrected chi connectivity index (χ0v) is 19.4. The molecule has 2 fully saturated rings. The molecule has 5 rings (SSSR count). The summed E-state index contributed by atoms with van der Waals surface area (Å²) in [5.41, 5.74) is 2.20. The van der Waals surface area contributed by atoms with Gasteiger partial charge in [0.05, 0.1) is 11.7 Å². The van der Waals surface area contributed by atoms with E-state index in [-0.39, 0.29) is 17.7 Å². The Hall–Kier alpha value is -3.44. The molecule has 2 saturated heterocycles. The maximum atomic E-state index is 13.3. The summed E-state index contributed by atoms with van der Waals surface area (Å²) in [6.07, 6.45) is 3.39. The second-order valence-corrected chi connectivity index (χ2v) is 9.28. The van der Waals surface area contributed by atoms with Gasteiger partial charge in [0.15, 0.2) is 5.65 Å². The van der Waals surface area contributed by atoms with Crippen molar-refractivity contribution in [2.75, 3.05) is 24.5 Å². The predicted molar refractivity (Wildman–Crippen MR) is 123 cm³/mol. The number of hydrogen-bond donors (Lipinski definition) is 1. The summed E-state index contributed by atoms with van der Waals surface area (Å²) in [7, 11) is 0. The molecule has 2 aliphatic heterocycles. The van der Waals surface area contributed by atoms with Crippen LogP contribution < -0.4 is 4.90 Å². The van der Waals surface area contributed by atoms with Crippen molar-refractivity contribution < 1.29 is 18.0 Å². The van der Waals surface area contributed by atoms with Crippen LogP contribution in [0.3, 0.4) is 0 Å². The van der Waals surface area contributed by atoms with Crippen molar-refractivity contribution in [3.05, 3.63) is 41.5 Å². The molecule has 9 nitrogen and oxygen atoms in total. The summed E-state index contributed by atoms with van der Waals surface area (Å²) in [6.45, 7) is 2.69. The molecule has 0 aliphatic carbocycles. The van der Waals surface area contributed by atoms with Crippen LogP contribution in [0.4, 0.5) is 19.0 Å². The Morgan fingerprint density at radius 1 is 1.26 bits per heavy atom. The number of aryl methyl sites for hydroxylation is 1. The molecule has 1 N–H and O–H groups in total. The van der Waals surface area contributed by atoms with E-state index in [4.69, 9.17) is 15.5 Å². The van der Waals surface area contributed by atoms with E-state index in [1.165, 1.54) is 18.5 Å². The Labute approximate surface area is 200 Å². The average molecular weight is 489 g/mol. The van der Waals surface area contributed by atoms with Crippen LogP contribution in [0.15, 0.2) is 24.5 Å². The maximum absolute atomic E-state index is 13.3. The van der Waals surface area contributed by atoms with E-state index in [1.54, 1.807) is 9.42 Å². The van der Waals surface area contributed by atoms with Gasteiger partial charge in [0.1, 0.15) is 18.1 Å². The number of piperidine rings is 1. The van der Waals surface area contributed by atoms with Crippen molar-refractivity contribution >= 4 is 23.6 Å². The Kier molecular flexibility index (Phi) is 5.97. The first-order valence-electron chi connectivity index (χ1n) is 11.8. The van der Waals surface area contributed by atoms with Crippen LogP contribution in [0.2, 0.25) is 0 Å². The molecule has 0 radical (unpaired) electrons. The number of anilines is 1. The largest absolute Gasteiger partial charge is 0.408 e. The topological polar surface area (TPSA) is 95.4 Å². The monoisotopic (exact) mass is 488 g/mol. The molecule has 35 heavy (non-hydrogen) atoms. The highest BCUT2D eigenvalue weighted by Crippen LogP contribution is 2.33. The smallest absolute Gasteiger partial charge is 0.356 e. The number of carbonyl (C=O) groups is 1. The molecule has 0 spiro atoms. The molecule has 2 aliphatic rings. The van der Waals surface area contributed by atoms with Crippen molar-refractivity contribution in [1.29, 1.82) is 5.41 Å². The van der Waals surface area contributed by atoms with Gasteiger partial charge in [0.2, 0.25) is 0 Å². The molecule has 0 bridgehead atoms. The van der Waals surface area contributed by atoms with Gasteiger partial charge in [-0.05, 0) is 38.7 Å². The number of nitrogens with zero attached hydrogens (tertiary/aromatic N) is 7. The normalized spacial score (nSPS) is 21.1. The van der Waals surface area contributed by atoms with Crippen LogP contribution in [0.5, 0.6) is 0 Å². The molecule has 2 unspecified atom stereocenters. The number of aromatic nitrogens is 5. The second kappa shape index (κ2) is 8.97. The number of carbonyl (C=O) groups excluding carboxylic acids is 1. The standard InChI is InChI=1S/C23H27F3N8O/c1-15-12-33-20(29-21(15)31-9-6-16(11-27)13-31)10-17(30-33)18-4-2-3-8-32(18)22(35)19-5-7-28-34(19)14-23(24,25)26/h5,7,10-12,16,18,27H,2-4,6,8-9,13-14H2,1H3. The predicted octanol–water partition coefficient (Wildman–Crippen LogP) is 3.64. The average Bonchev–Trinajstić information content (AvgIpc) is 3.56. The lowest BCUT2D eigenvalue weighted by molar-refractivity contribution is -0.142. The van der Waals surface area contributed by atoms with Gasteiger partial charge in [-0.3, -0.25) is 9.48 Å². The summed E-state index contributed by atoms with van der Waals surface area (Å²) >= 11 is 0. The van der Waals surface area contributed by atoms with Crippen LogP contribution >= 0.6 is 0 Å². The molecule has 3 aromatic rings. The minimum absolute atomic E-state index is 0.0796. The molecule has 5 heterocycles. The Bertz CT molecular complexity index is 1250. The SMILES string of the molecule is Cc1cn2nc(C3CCCCN3C(=O)c3ccnn3CC(F)(F)F)cc2nc1N1CCC(C=N)C1. The van der Waals surface area contributed by atoms with Crippen LogP contribution in [0.1, 0.15) is 53.5 Å². The maximum Gasteiger partial charge on any atom is 0.408 e. The minimum Gasteiger partial charge on any atom is -0.356 e. The number of hydrogen-bond acceptors (Lipinski definition) is 6. The fraction of sp³-hybridized carbons (Fsp3) is 0.522. The van der Waals surface area contributed by atoms with Crippen LogP contribution in [0, 0.1) is 18.3 Å². The van der Waals surface area contributed by atoms with Gasteiger partial charge in [-0.15, -0.1) is 0 Å². The van der Waals surface area contributed by atoms with Crippen molar-refractivity contribution in [3.8, 4) is 0 Å². The Balaban J connectivity index is 1.44. The summed E-state index contributed by atoms with van der Waals surface area (Å²) < 4.78 is 41.3. The molecular weight excluding hydrogens is 461 g/mol. The number of rotatable bonds is 5. The first kappa shape index (κ1) is 23.3. The summed E-state index contributed by atoms with van der Waals surface area (Å²) in [5, 5.41) is 16.0. The highest BCUT2D eigenvalue weighted by Gasteiger charge is 2.35. The lowest BCUT2D eigenvalue weighted by Gasteiger charge is -2.34. The van der Waals surface area contributed by atoms with E-state index >= 15 is 0 Å². The van der Waals surface area contributed by atoms with E-state index in [0.29, 0.717) is 29.0 Å². The van der Waals surface area contributed by atoms with Gasteiger partial charge in [0, 0.05) is 55.8 Å². The van der Waals surface area contributed by atoms with Crippen molar-refractivity contribution in [2.24, 2.45) is 5.92 Å². The third kappa shape index (κ3) is 4.61. The molecule has 1 amide bonds. The fourth-order valence-corrected chi connectivity index (χ4v) is 5.06. The van der Waals surface area contributed by atoms with E-state index in [2.05, 4.69) is 10.00 Å². The second-order valence-electron chi connectivity index (χ2n) is 9.28. The molecule has 0 saturated carbocycles. The van der Waals surface area contributed by atoms with Crippen molar-refractivity contribution in [1.82, 2.24) is 29.3 Å². The molecule has 3 aromatic heterocycles. The van der Waals surface area contributed by atoms with Gasteiger partial charge in [0.25, 0.3) is 5.91 Å². The molecular formula is C23H27F3N8O. The van der Waals surface area contributed by atoms with Crippen LogP contribution in [0.25, 0.3) is 5.65 Å². The Morgan fingerprint density at radius 3 is 2.83 bits per heavy atom. The van der Waals surface area contributed by atoms with E-state index in [0.717, 1.165) is 43.7 Å². The summed E-state index contributed by atoms with van der Waals surface area (Å²) in [4.78, 5) is 21.9. The van der Waals surface area contributed by atoms with Gasteiger partial charge < -0.3 is 15.2 Å². The highest BCUT2D eigenvalue weighted by molar-refractivity contribution is 5.93. The van der Waals surface area contributed by atoms with Crippen LogP contribution in [-0.4, -0.2) is 67.2 Å². The third-order valence-electron chi connectivity index (χ3n) is 6.75. The molecule has 2 atom stereocenters. The number of alkyl halides is 3. The number of amides is 1. The zero-order valence-electron chi connectivity index (χ0n) is 19.4. The fourth-order valence-electron chi connectivity index (χ4n) is 5.06. The van der Waals surface area contributed by atoms with Gasteiger partial charge in [-0.1, -0.05) is 0 Å². The lowest BCUT2D eigenvalue weighted by Crippen LogP contribution is -2.40. The number of halogens is 3. The molecule has 186 valence electrons. The highest BCUT2D eigenvalue weighted by atomic mass is 19.4. The Morgan fingerprint density at radius 2 is 2.09 bits per heavy atom. The number of likely N-dealkylation sites (tertiary alicyclic amines) is 1. The quantitative estimate of drug-likeness (QED) is 0.554. The molecule has 12 heteroatoms. The van der Waals surface area contributed by atoms with Gasteiger partial charge in [-0.25, -0.2) is 9.50 Å². The van der Waals surface area contributed by atoms with E-state index in [1.807, 2.05) is 19.2 Å². The van der Waals surface area contributed by atoms with E-state index in [9.17, 15) is 18.0 Å². The number of fused-ring (bicyclic) bond motifs is 1. The van der Waals surface area contributed by atoms with Crippen LogP contribution in [-0.2, 0) is 6.54 Å². The van der Waals surface area contributed by atoms with Gasteiger partial charge >= 0.3 is 6.18 Å². The summed E-state index contributed by atoms with van der Waals surface area (Å²) in [5.74, 6) is 0.606.